The summed E-state index contributed by atoms with van der Waals surface area (Å²) in [6.45, 7) is 3.55. The molecule has 23 heavy (non-hydrogen) atoms. The van der Waals surface area contributed by atoms with Gasteiger partial charge in [0.05, 0.1) is 18.5 Å². The summed E-state index contributed by atoms with van der Waals surface area (Å²) < 4.78 is 7.72. The first-order valence-corrected chi connectivity index (χ1v) is 8.15. The third-order valence-electron chi connectivity index (χ3n) is 4.70. The van der Waals surface area contributed by atoms with Crippen LogP contribution in [0.3, 0.4) is 0 Å². The third kappa shape index (κ3) is 2.55. The minimum absolute atomic E-state index is 0.116. The van der Waals surface area contributed by atoms with Crippen LogP contribution >= 0.6 is 0 Å². The highest BCUT2D eigenvalue weighted by molar-refractivity contribution is 5.88. The van der Waals surface area contributed by atoms with Crippen molar-refractivity contribution in [3.63, 3.8) is 0 Å². The lowest BCUT2D eigenvalue weighted by Gasteiger charge is -2.34. The van der Waals surface area contributed by atoms with Crippen LogP contribution in [0.4, 0.5) is 5.82 Å². The molecule has 7 nitrogen and oxygen atoms in total. The second-order valence-corrected chi connectivity index (χ2v) is 6.20. The zero-order chi connectivity index (χ0) is 15.8. The van der Waals surface area contributed by atoms with Gasteiger partial charge in [-0.15, -0.1) is 0 Å². The highest BCUT2D eigenvalue weighted by atomic mass is 16.5. The van der Waals surface area contributed by atoms with Crippen molar-refractivity contribution in [3.8, 4) is 0 Å². The summed E-state index contributed by atoms with van der Waals surface area (Å²) in [5, 5.41) is 1.02. The Morgan fingerprint density at radius 3 is 2.91 bits per heavy atom. The largest absolute Gasteiger partial charge is 0.365 e. The van der Waals surface area contributed by atoms with Crippen LogP contribution < -0.4 is 4.90 Å². The Bertz CT molecular complexity index is 722. The lowest BCUT2D eigenvalue weighted by atomic mass is 10.2. The molecule has 2 fully saturated rings. The maximum Gasteiger partial charge on any atom is 0.253 e. The van der Waals surface area contributed by atoms with Crippen LogP contribution in [0, 0.1) is 0 Å². The van der Waals surface area contributed by atoms with Crippen molar-refractivity contribution in [3.05, 3.63) is 18.6 Å². The van der Waals surface area contributed by atoms with E-state index in [-0.39, 0.29) is 5.91 Å². The number of carbonyl (C=O) groups is 1. The molecule has 1 atom stereocenters. The minimum Gasteiger partial charge on any atom is -0.365 e. The molecular formula is C16H21N5O2. The van der Waals surface area contributed by atoms with Crippen molar-refractivity contribution in [2.75, 3.05) is 37.7 Å². The fourth-order valence-electron chi connectivity index (χ4n) is 3.45. The van der Waals surface area contributed by atoms with Crippen LogP contribution in [0.15, 0.2) is 18.6 Å². The van der Waals surface area contributed by atoms with Gasteiger partial charge < -0.3 is 19.1 Å². The summed E-state index contributed by atoms with van der Waals surface area (Å²) in [7, 11) is 1.97. The van der Waals surface area contributed by atoms with Crippen molar-refractivity contribution in [1.29, 1.82) is 0 Å². The standard InChI is InChI=1S/C16H21N5O2/c1-19-7-4-12-14(19)17-11-18-15(12)21-8-9-23-13(10-21)16(22)20-5-2-3-6-20/h4,7,11,13H,2-3,5-6,8-10H2,1H3. The summed E-state index contributed by atoms with van der Waals surface area (Å²) in [5.41, 5.74) is 0.906. The second-order valence-electron chi connectivity index (χ2n) is 6.20. The number of rotatable bonds is 2. The van der Waals surface area contributed by atoms with E-state index in [2.05, 4.69) is 14.9 Å². The Balaban J connectivity index is 1.57. The molecule has 0 aliphatic carbocycles. The Labute approximate surface area is 134 Å². The van der Waals surface area contributed by atoms with Crippen LogP contribution in [-0.4, -0.2) is 64.2 Å². The predicted octanol–water partition coefficient (Wildman–Crippen LogP) is 0.796. The van der Waals surface area contributed by atoms with E-state index in [1.807, 2.05) is 28.8 Å². The molecule has 0 aromatic carbocycles. The first-order chi connectivity index (χ1) is 11.2. The molecule has 0 bridgehead atoms. The number of ether oxygens (including phenoxy) is 1. The van der Waals surface area contributed by atoms with Gasteiger partial charge in [-0.05, 0) is 18.9 Å². The van der Waals surface area contributed by atoms with Gasteiger partial charge in [0.1, 0.15) is 17.8 Å². The summed E-state index contributed by atoms with van der Waals surface area (Å²) >= 11 is 0. The van der Waals surface area contributed by atoms with E-state index in [0.29, 0.717) is 13.2 Å². The molecule has 0 radical (unpaired) electrons. The van der Waals surface area contributed by atoms with Crippen molar-refractivity contribution < 1.29 is 9.53 Å². The second kappa shape index (κ2) is 5.81. The topological polar surface area (TPSA) is 63.5 Å². The van der Waals surface area contributed by atoms with Gasteiger partial charge in [-0.1, -0.05) is 0 Å². The Kier molecular flexibility index (Phi) is 3.65. The van der Waals surface area contributed by atoms with E-state index in [1.165, 1.54) is 0 Å². The van der Waals surface area contributed by atoms with Crippen molar-refractivity contribution in [2.24, 2.45) is 7.05 Å². The zero-order valence-corrected chi connectivity index (χ0v) is 13.3. The van der Waals surface area contributed by atoms with Crippen molar-refractivity contribution in [2.45, 2.75) is 18.9 Å². The number of anilines is 1. The first-order valence-electron chi connectivity index (χ1n) is 8.15. The van der Waals surface area contributed by atoms with Gasteiger partial charge in [0, 0.05) is 32.9 Å². The Morgan fingerprint density at radius 2 is 2.09 bits per heavy atom. The SMILES string of the molecule is Cn1ccc2c(N3CCOC(C(=O)N4CCCC4)C3)ncnc21. The molecule has 4 rings (SSSR count). The van der Waals surface area contributed by atoms with Crippen molar-refractivity contribution >= 4 is 22.8 Å². The maximum atomic E-state index is 12.6. The van der Waals surface area contributed by atoms with Gasteiger partial charge in [-0.25, -0.2) is 9.97 Å². The van der Waals surface area contributed by atoms with Gasteiger partial charge in [-0.2, -0.15) is 0 Å². The average Bonchev–Trinajstić information content (AvgIpc) is 3.25. The highest BCUT2D eigenvalue weighted by Crippen LogP contribution is 2.25. The number of likely N-dealkylation sites (tertiary alicyclic amines) is 1. The summed E-state index contributed by atoms with van der Waals surface area (Å²) in [6.07, 6.45) is 5.37. The lowest BCUT2D eigenvalue weighted by molar-refractivity contribution is -0.143. The molecule has 2 aliphatic heterocycles. The van der Waals surface area contributed by atoms with Gasteiger partial charge in [0.2, 0.25) is 0 Å². The van der Waals surface area contributed by atoms with E-state index in [9.17, 15) is 4.79 Å². The van der Waals surface area contributed by atoms with E-state index in [4.69, 9.17) is 4.74 Å². The molecule has 1 unspecified atom stereocenters. The Hall–Kier alpha value is -2.15. The van der Waals surface area contributed by atoms with E-state index >= 15 is 0 Å². The average molecular weight is 315 g/mol. The lowest BCUT2D eigenvalue weighted by Crippen LogP contribution is -2.50. The number of carbonyl (C=O) groups excluding carboxylic acids is 1. The number of hydrogen-bond donors (Lipinski definition) is 0. The number of aromatic nitrogens is 3. The molecule has 7 heteroatoms. The maximum absolute atomic E-state index is 12.6. The third-order valence-corrected chi connectivity index (χ3v) is 4.70. The molecule has 0 N–H and O–H groups in total. The normalized spacial score (nSPS) is 22.0. The van der Waals surface area contributed by atoms with Crippen LogP contribution in [0.25, 0.3) is 11.0 Å². The van der Waals surface area contributed by atoms with Gasteiger partial charge in [0.25, 0.3) is 5.91 Å². The molecule has 2 aromatic heterocycles. The summed E-state index contributed by atoms with van der Waals surface area (Å²) in [5.74, 6) is 1.00. The number of amides is 1. The van der Waals surface area contributed by atoms with E-state index < -0.39 is 6.10 Å². The monoisotopic (exact) mass is 315 g/mol. The van der Waals surface area contributed by atoms with Gasteiger partial charge in [0.15, 0.2) is 6.10 Å². The fourth-order valence-corrected chi connectivity index (χ4v) is 3.45. The number of morpholine rings is 1. The first kappa shape index (κ1) is 14.4. The molecule has 0 spiro atoms. The molecule has 2 aromatic rings. The number of nitrogens with zero attached hydrogens (tertiary/aromatic N) is 5. The quantitative estimate of drug-likeness (QED) is 0.820. The molecule has 2 aliphatic rings. The van der Waals surface area contributed by atoms with Gasteiger partial charge in [-0.3, -0.25) is 4.79 Å². The minimum atomic E-state index is -0.393. The van der Waals surface area contributed by atoms with Crippen LogP contribution in [0.1, 0.15) is 12.8 Å². The molecule has 1 amide bonds. The fraction of sp³-hybridized carbons (Fsp3) is 0.562. The Morgan fingerprint density at radius 1 is 1.26 bits per heavy atom. The van der Waals surface area contributed by atoms with Crippen LogP contribution in [-0.2, 0) is 16.6 Å². The highest BCUT2D eigenvalue weighted by Gasteiger charge is 2.32. The van der Waals surface area contributed by atoms with E-state index in [0.717, 1.165) is 49.3 Å². The van der Waals surface area contributed by atoms with Gasteiger partial charge >= 0.3 is 0 Å². The molecule has 122 valence electrons. The predicted molar refractivity (Wildman–Crippen MR) is 86.3 cm³/mol. The number of aryl methyl sites for hydroxylation is 1. The number of hydrogen-bond acceptors (Lipinski definition) is 5. The molecule has 0 saturated carbocycles. The van der Waals surface area contributed by atoms with Crippen molar-refractivity contribution in [1.82, 2.24) is 19.4 Å². The molecule has 2 saturated heterocycles. The summed E-state index contributed by atoms with van der Waals surface area (Å²) in [4.78, 5) is 25.4. The number of fused-ring (bicyclic) bond motifs is 1. The molecular weight excluding hydrogens is 294 g/mol. The van der Waals surface area contributed by atoms with E-state index in [1.54, 1.807) is 6.33 Å². The smallest absolute Gasteiger partial charge is 0.253 e. The van der Waals surface area contributed by atoms with Crippen LogP contribution in [0.2, 0.25) is 0 Å². The zero-order valence-electron chi connectivity index (χ0n) is 13.3. The molecule has 4 heterocycles. The van der Waals surface area contributed by atoms with Crippen LogP contribution in [0.5, 0.6) is 0 Å². The summed E-state index contributed by atoms with van der Waals surface area (Å²) in [6, 6.07) is 2.03.